The number of amides is 2. The lowest BCUT2D eigenvalue weighted by Crippen LogP contribution is -2.41. The highest BCUT2D eigenvalue weighted by atomic mass is 35.5. The molecule has 0 saturated carbocycles. The maximum absolute atomic E-state index is 12.2. The quantitative estimate of drug-likeness (QED) is 0.244. The Morgan fingerprint density at radius 3 is 2.28 bits per heavy atom. The van der Waals surface area contributed by atoms with Crippen molar-refractivity contribution in [1.82, 2.24) is 10.3 Å². The average molecular weight is 302 g/mol. The molecule has 0 bridgehead atoms. The lowest BCUT2D eigenvalue weighted by molar-refractivity contribution is 0.192. The molecule has 0 fully saturated rings. The monoisotopic (exact) mass is 301 g/mol. The Labute approximate surface area is 110 Å². The van der Waals surface area contributed by atoms with Crippen LogP contribution >= 0.6 is 19.2 Å². The molecular formula is C8H17ClN3O5P. The summed E-state index contributed by atoms with van der Waals surface area (Å²) in [4.78, 5) is 21.7. The fraction of sp³-hybridized carbons (Fsp3) is 0.875. The topological polar surface area (TPSA) is 97.3 Å². The van der Waals surface area contributed by atoms with Crippen LogP contribution in [0.15, 0.2) is 5.29 Å². The van der Waals surface area contributed by atoms with Crippen LogP contribution in [0.4, 0.5) is 4.79 Å². The Hall–Kier alpha value is -0.690. The Kier molecular flexibility index (Phi) is 8.10. The molecule has 0 aromatic heterocycles. The molecule has 18 heavy (non-hydrogen) atoms. The SMILES string of the molecule is CCOP(=O)(OCC)C(C)NC(=O)N(CCl)N=O. The van der Waals surface area contributed by atoms with Crippen LogP contribution in [0.3, 0.4) is 0 Å². The number of carbonyl (C=O) groups excluding carboxylic acids is 1. The van der Waals surface area contributed by atoms with Crippen LogP contribution < -0.4 is 5.32 Å². The Morgan fingerprint density at radius 2 is 1.94 bits per heavy atom. The van der Waals surface area contributed by atoms with Crippen molar-refractivity contribution in [3.8, 4) is 0 Å². The van der Waals surface area contributed by atoms with E-state index in [2.05, 4.69) is 10.6 Å². The van der Waals surface area contributed by atoms with Crippen LogP contribution in [-0.2, 0) is 13.6 Å². The lowest BCUT2D eigenvalue weighted by atomic mass is 10.7. The summed E-state index contributed by atoms with van der Waals surface area (Å²) in [7, 11) is -3.47. The van der Waals surface area contributed by atoms with Gasteiger partial charge in [-0.2, -0.15) is 5.01 Å². The molecule has 0 heterocycles. The molecule has 0 rings (SSSR count). The predicted octanol–water partition coefficient (Wildman–Crippen LogP) is 2.49. The van der Waals surface area contributed by atoms with Crippen LogP contribution in [0.5, 0.6) is 0 Å². The highest BCUT2D eigenvalue weighted by molar-refractivity contribution is 7.54. The van der Waals surface area contributed by atoms with Crippen molar-refractivity contribution < 1.29 is 18.4 Å². The van der Waals surface area contributed by atoms with Gasteiger partial charge in [-0.25, -0.2) is 4.79 Å². The van der Waals surface area contributed by atoms with E-state index in [1.165, 1.54) is 6.92 Å². The third-order valence-electron chi connectivity index (χ3n) is 1.87. The second-order valence-corrected chi connectivity index (χ2v) is 5.71. The zero-order valence-corrected chi connectivity index (χ0v) is 12.1. The predicted molar refractivity (Wildman–Crippen MR) is 67.2 cm³/mol. The standard InChI is InChI=1S/C8H17ClN3O5P/c1-4-16-18(15,17-5-2)7(3)10-8(13)12(6-9)11-14/h7H,4-6H2,1-3H3,(H,10,13). The molecule has 2 amide bonds. The molecular weight excluding hydrogens is 285 g/mol. The third kappa shape index (κ3) is 4.89. The van der Waals surface area contributed by atoms with Gasteiger partial charge < -0.3 is 14.4 Å². The maximum Gasteiger partial charge on any atom is 0.352 e. The van der Waals surface area contributed by atoms with Crippen LogP contribution in [0.25, 0.3) is 0 Å². The first-order valence-corrected chi connectivity index (χ1v) is 7.45. The molecule has 0 aliphatic carbocycles. The third-order valence-corrected chi connectivity index (χ3v) is 4.41. The van der Waals surface area contributed by atoms with Crippen molar-refractivity contribution in [1.29, 1.82) is 0 Å². The molecule has 0 aromatic rings. The summed E-state index contributed by atoms with van der Waals surface area (Å²) in [6, 6.07) is -1.28. The molecule has 1 N–H and O–H groups in total. The summed E-state index contributed by atoms with van der Waals surface area (Å²) >= 11 is 5.32. The molecule has 0 aromatic carbocycles. The molecule has 10 heteroatoms. The molecule has 1 atom stereocenters. The molecule has 0 aliphatic heterocycles. The van der Waals surface area contributed by atoms with E-state index in [0.717, 1.165) is 0 Å². The van der Waals surface area contributed by atoms with Gasteiger partial charge in [0.05, 0.1) is 18.5 Å². The molecule has 8 nitrogen and oxygen atoms in total. The Morgan fingerprint density at radius 1 is 1.44 bits per heavy atom. The second kappa shape index (κ2) is 8.42. The van der Waals surface area contributed by atoms with E-state index in [0.29, 0.717) is 5.01 Å². The van der Waals surface area contributed by atoms with E-state index in [9.17, 15) is 14.3 Å². The van der Waals surface area contributed by atoms with Gasteiger partial charge in [0.2, 0.25) is 0 Å². The van der Waals surface area contributed by atoms with E-state index in [1.807, 2.05) is 0 Å². The molecule has 0 saturated heterocycles. The van der Waals surface area contributed by atoms with E-state index in [1.54, 1.807) is 13.8 Å². The number of carbonyl (C=O) groups is 1. The summed E-state index contributed by atoms with van der Waals surface area (Å²) in [5.74, 6) is -0.919. The molecule has 106 valence electrons. The number of urea groups is 1. The Bertz CT molecular complexity index is 320. The van der Waals surface area contributed by atoms with Crippen molar-refractivity contribution in [2.24, 2.45) is 5.29 Å². The van der Waals surface area contributed by atoms with E-state index in [-0.39, 0.29) is 13.2 Å². The fourth-order valence-electron chi connectivity index (χ4n) is 1.07. The first-order chi connectivity index (χ1) is 8.45. The number of nitroso groups, excluding NO2 is 1. The minimum Gasteiger partial charge on any atom is -0.322 e. The Balaban J connectivity index is 4.69. The van der Waals surface area contributed by atoms with Gasteiger partial charge in [-0.3, -0.25) is 4.57 Å². The van der Waals surface area contributed by atoms with Gasteiger partial charge in [0.15, 0.2) is 0 Å². The minimum atomic E-state index is -3.47. The van der Waals surface area contributed by atoms with Crippen LogP contribution in [0, 0.1) is 4.91 Å². The maximum atomic E-state index is 12.2. The first-order valence-electron chi connectivity index (χ1n) is 5.31. The number of rotatable bonds is 8. The van der Waals surface area contributed by atoms with Gasteiger partial charge in [-0.05, 0) is 20.8 Å². The zero-order chi connectivity index (χ0) is 14.2. The molecule has 0 radical (unpaired) electrons. The van der Waals surface area contributed by atoms with Crippen LogP contribution in [0.1, 0.15) is 20.8 Å². The first kappa shape index (κ1) is 17.3. The van der Waals surface area contributed by atoms with E-state index < -0.39 is 25.4 Å². The van der Waals surface area contributed by atoms with Gasteiger partial charge >= 0.3 is 13.6 Å². The summed E-state index contributed by atoms with van der Waals surface area (Å²) < 4.78 is 22.3. The van der Waals surface area contributed by atoms with Crippen molar-refractivity contribution in [2.75, 3.05) is 19.2 Å². The van der Waals surface area contributed by atoms with Crippen LogP contribution in [0.2, 0.25) is 0 Å². The number of hydrogen-bond acceptors (Lipinski definition) is 6. The van der Waals surface area contributed by atoms with Gasteiger partial charge in [0.25, 0.3) is 0 Å². The van der Waals surface area contributed by atoms with Crippen molar-refractivity contribution in [3.05, 3.63) is 4.91 Å². The molecule has 0 aliphatic rings. The van der Waals surface area contributed by atoms with E-state index in [4.69, 9.17) is 20.6 Å². The largest absolute Gasteiger partial charge is 0.352 e. The van der Waals surface area contributed by atoms with Crippen LogP contribution in [-0.4, -0.2) is 36.0 Å². The van der Waals surface area contributed by atoms with Gasteiger partial charge in [-0.15, -0.1) is 16.5 Å². The lowest BCUT2D eigenvalue weighted by Gasteiger charge is -2.24. The number of nitrogens with one attached hydrogen (secondary N) is 1. The highest BCUT2D eigenvalue weighted by Crippen LogP contribution is 2.51. The van der Waals surface area contributed by atoms with Crippen molar-refractivity contribution in [2.45, 2.75) is 26.6 Å². The molecule has 1 unspecified atom stereocenters. The normalized spacial score (nSPS) is 12.9. The summed E-state index contributed by atoms with van der Waals surface area (Å²) in [5, 5.41) is 5.13. The average Bonchev–Trinajstić information content (AvgIpc) is 2.31. The number of alkyl halides is 1. The number of nitrogens with zero attached hydrogens (tertiary/aromatic N) is 2. The second-order valence-electron chi connectivity index (χ2n) is 3.10. The number of hydrogen-bond donors (Lipinski definition) is 1. The smallest absolute Gasteiger partial charge is 0.322 e. The summed E-state index contributed by atoms with van der Waals surface area (Å²) in [6.45, 7) is 5.09. The number of halogens is 1. The summed E-state index contributed by atoms with van der Waals surface area (Å²) in [5.41, 5.74) is 0. The van der Waals surface area contributed by atoms with Crippen molar-refractivity contribution >= 4 is 25.2 Å². The van der Waals surface area contributed by atoms with Gasteiger partial charge in [-0.1, -0.05) is 0 Å². The molecule has 0 spiro atoms. The van der Waals surface area contributed by atoms with Gasteiger partial charge in [0.1, 0.15) is 11.8 Å². The minimum absolute atomic E-state index is 0.169. The van der Waals surface area contributed by atoms with Crippen molar-refractivity contribution in [3.63, 3.8) is 0 Å². The van der Waals surface area contributed by atoms with Gasteiger partial charge in [0, 0.05) is 0 Å². The fourth-order valence-corrected chi connectivity index (χ4v) is 2.73. The zero-order valence-electron chi connectivity index (χ0n) is 10.5. The summed E-state index contributed by atoms with van der Waals surface area (Å²) in [6.07, 6.45) is 0. The van der Waals surface area contributed by atoms with E-state index >= 15 is 0 Å². The highest BCUT2D eigenvalue weighted by Gasteiger charge is 2.34.